The maximum absolute atomic E-state index is 13.4. The van der Waals surface area contributed by atoms with Crippen LogP contribution < -0.4 is 19.9 Å². The molecular formula is C25H30FN3O3. The van der Waals surface area contributed by atoms with Gasteiger partial charge in [0.25, 0.3) is 0 Å². The van der Waals surface area contributed by atoms with Gasteiger partial charge in [0.2, 0.25) is 5.91 Å². The summed E-state index contributed by atoms with van der Waals surface area (Å²) < 4.78 is 24.6. The fraction of sp³-hybridized carbons (Fsp3) is 0.480. The number of halogens is 1. The Morgan fingerprint density at radius 2 is 2.06 bits per heavy atom. The van der Waals surface area contributed by atoms with Crippen molar-refractivity contribution in [2.75, 3.05) is 49.7 Å². The molecule has 0 bridgehead atoms. The van der Waals surface area contributed by atoms with E-state index >= 15 is 0 Å². The van der Waals surface area contributed by atoms with Crippen LogP contribution in [0.15, 0.2) is 42.5 Å². The van der Waals surface area contributed by atoms with Gasteiger partial charge >= 0.3 is 0 Å². The molecule has 0 spiro atoms. The fourth-order valence-corrected chi connectivity index (χ4v) is 5.24. The lowest BCUT2D eigenvalue weighted by molar-refractivity contribution is -0.126. The van der Waals surface area contributed by atoms with Crippen molar-refractivity contribution >= 4 is 17.3 Å². The zero-order valence-corrected chi connectivity index (χ0v) is 18.4. The van der Waals surface area contributed by atoms with Crippen LogP contribution in [0.1, 0.15) is 18.4 Å². The number of carbonyl (C=O) groups excluding carboxylic acids is 1. The Morgan fingerprint density at radius 3 is 2.81 bits per heavy atom. The predicted molar refractivity (Wildman–Crippen MR) is 122 cm³/mol. The maximum Gasteiger partial charge on any atom is 0.225 e. The largest absolute Gasteiger partial charge is 0.497 e. The van der Waals surface area contributed by atoms with Crippen LogP contribution in [0.5, 0.6) is 5.75 Å². The van der Waals surface area contributed by atoms with Crippen molar-refractivity contribution in [1.82, 2.24) is 5.32 Å². The highest BCUT2D eigenvalue weighted by Gasteiger charge is 2.42. The van der Waals surface area contributed by atoms with Gasteiger partial charge in [0.1, 0.15) is 11.6 Å². The van der Waals surface area contributed by atoms with E-state index in [1.54, 1.807) is 7.11 Å². The lowest BCUT2D eigenvalue weighted by Crippen LogP contribution is -2.61. The number of hydrogen-bond donors (Lipinski definition) is 1. The third-order valence-corrected chi connectivity index (χ3v) is 6.98. The molecule has 0 unspecified atom stereocenters. The molecule has 5 rings (SSSR count). The van der Waals surface area contributed by atoms with Crippen LogP contribution in [0.25, 0.3) is 0 Å². The first-order valence-corrected chi connectivity index (χ1v) is 11.5. The van der Waals surface area contributed by atoms with Gasteiger partial charge < -0.3 is 24.6 Å². The number of hydrogen-bond acceptors (Lipinski definition) is 5. The molecule has 2 fully saturated rings. The highest BCUT2D eigenvalue weighted by molar-refractivity contribution is 5.82. The third kappa shape index (κ3) is 4.13. The molecule has 7 heteroatoms. The molecule has 1 amide bonds. The van der Waals surface area contributed by atoms with Crippen LogP contribution in [0, 0.1) is 11.7 Å². The fourth-order valence-electron chi connectivity index (χ4n) is 5.24. The van der Waals surface area contributed by atoms with E-state index in [0.717, 1.165) is 49.7 Å². The molecule has 0 radical (unpaired) electrons. The lowest BCUT2D eigenvalue weighted by atomic mass is 9.83. The molecule has 2 aromatic rings. The highest BCUT2D eigenvalue weighted by Crippen LogP contribution is 2.39. The summed E-state index contributed by atoms with van der Waals surface area (Å²) in [6.07, 6.45) is 2.87. The Balaban J connectivity index is 1.40. The van der Waals surface area contributed by atoms with Crippen molar-refractivity contribution in [2.45, 2.75) is 31.4 Å². The minimum absolute atomic E-state index is 0.0258. The number of anilines is 2. The number of nitrogens with one attached hydrogen (secondary N) is 1. The standard InChI is InChI=1S/C25H30FN3O3/c1-31-20-9-4-17-13-22(25(30)27-15-21-3-2-12-32-21)24-16-28(10-11-29(24)23(17)14-20)19-7-5-18(26)6-8-19/h4-9,14,21-22,24H,2-3,10-13,15-16H2,1H3,(H,27,30)/t21-,22-,24-/m1/s1. The Labute approximate surface area is 188 Å². The summed E-state index contributed by atoms with van der Waals surface area (Å²) in [5, 5.41) is 3.16. The first kappa shape index (κ1) is 21.1. The van der Waals surface area contributed by atoms with Gasteiger partial charge in [-0.25, -0.2) is 4.39 Å². The van der Waals surface area contributed by atoms with Crippen LogP contribution in [-0.4, -0.2) is 57.9 Å². The maximum atomic E-state index is 13.4. The number of amides is 1. The Morgan fingerprint density at radius 1 is 1.22 bits per heavy atom. The van der Waals surface area contributed by atoms with Crippen LogP contribution in [0.2, 0.25) is 0 Å². The molecule has 32 heavy (non-hydrogen) atoms. The van der Waals surface area contributed by atoms with E-state index in [2.05, 4.69) is 27.2 Å². The molecule has 6 nitrogen and oxygen atoms in total. The molecular weight excluding hydrogens is 409 g/mol. The lowest BCUT2D eigenvalue weighted by Gasteiger charge is -2.49. The van der Waals surface area contributed by atoms with Crippen molar-refractivity contribution in [1.29, 1.82) is 0 Å². The summed E-state index contributed by atoms with van der Waals surface area (Å²) in [5.41, 5.74) is 3.31. The van der Waals surface area contributed by atoms with Gasteiger partial charge in [-0.05, 0) is 55.2 Å². The summed E-state index contributed by atoms with van der Waals surface area (Å²) in [4.78, 5) is 18.0. The molecule has 0 saturated carbocycles. The van der Waals surface area contributed by atoms with Gasteiger partial charge in [-0.1, -0.05) is 6.07 Å². The molecule has 3 aliphatic rings. The number of fused-ring (bicyclic) bond motifs is 3. The molecule has 0 aromatic heterocycles. The van der Waals surface area contributed by atoms with Gasteiger partial charge in [0, 0.05) is 50.2 Å². The summed E-state index contributed by atoms with van der Waals surface area (Å²) >= 11 is 0. The van der Waals surface area contributed by atoms with E-state index < -0.39 is 0 Å². The monoisotopic (exact) mass is 439 g/mol. The molecule has 1 N–H and O–H groups in total. The topological polar surface area (TPSA) is 54.0 Å². The second kappa shape index (κ2) is 8.98. The zero-order valence-electron chi connectivity index (χ0n) is 18.4. The Hall–Kier alpha value is -2.80. The summed E-state index contributed by atoms with van der Waals surface area (Å²) in [6, 6.07) is 12.8. The summed E-state index contributed by atoms with van der Waals surface area (Å²) in [6.45, 7) is 3.66. The number of piperazine rings is 1. The number of benzene rings is 2. The first-order chi connectivity index (χ1) is 15.6. The van der Waals surface area contributed by atoms with E-state index in [0.29, 0.717) is 19.5 Å². The second-order valence-corrected chi connectivity index (χ2v) is 8.87. The van der Waals surface area contributed by atoms with E-state index in [1.165, 1.54) is 17.7 Å². The van der Waals surface area contributed by atoms with Crippen molar-refractivity contribution in [2.24, 2.45) is 5.92 Å². The average Bonchev–Trinajstić information content (AvgIpc) is 3.35. The number of carbonyl (C=O) groups is 1. The SMILES string of the molecule is COc1ccc2c(c1)N1CCN(c3ccc(F)cc3)C[C@@H]1[C@H](C(=O)NC[C@H]1CCCO1)C2. The minimum atomic E-state index is -0.238. The van der Waals surface area contributed by atoms with E-state index in [-0.39, 0.29) is 29.8 Å². The summed E-state index contributed by atoms with van der Waals surface area (Å²) in [7, 11) is 1.68. The van der Waals surface area contributed by atoms with Gasteiger partial charge in [-0.3, -0.25) is 4.79 Å². The van der Waals surface area contributed by atoms with Crippen LogP contribution >= 0.6 is 0 Å². The molecule has 170 valence electrons. The Kier molecular flexibility index (Phi) is 5.91. The number of methoxy groups -OCH3 is 1. The van der Waals surface area contributed by atoms with Crippen molar-refractivity contribution in [3.63, 3.8) is 0 Å². The average molecular weight is 440 g/mol. The Bertz CT molecular complexity index is 961. The van der Waals surface area contributed by atoms with Crippen molar-refractivity contribution < 1.29 is 18.7 Å². The number of ether oxygens (including phenoxy) is 2. The van der Waals surface area contributed by atoms with E-state index in [9.17, 15) is 9.18 Å². The number of nitrogens with zero attached hydrogens (tertiary/aromatic N) is 2. The third-order valence-electron chi connectivity index (χ3n) is 6.98. The van der Waals surface area contributed by atoms with Gasteiger partial charge in [0.05, 0.1) is 25.2 Å². The highest BCUT2D eigenvalue weighted by atomic mass is 19.1. The molecule has 0 aliphatic carbocycles. The molecule has 2 saturated heterocycles. The molecule has 2 aromatic carbocycles. The van der Waals surface area contributed by atoms with E-state index in [1.807, 2.05) is 18.2 Å². The molecule has 3 heterocycles. The minimum Gasteiger partial charge on any atom is -0.497 e. The summed E-state index contributed by atoms with van der Waals surface area (Å²) in [5.74, 6) is 0.501. The second-order valence-electron chi connectivity index (χ2n) is 8.87. The predicted octanol–water partition coefficient (Wildman–Crippen LogP) is 3.00. The quantitative estimate of drug-likeness (QED) is 0.776. The van der Waals surface area contributed by atoms with Crippen molar-refractivity contribution in [3.8, 4) is 5.75 Å². The molecule has 3 aliphatic heterocycles. The van der Waals surface area contributed by atoms with Gasteiger partial charge in [-0.15, -0.1) is 0 Å². The van der Waals surface area contributed by atoms with Crippen molar-refractivity contribution in [3.05, 3.63) is 53.8 Å². The normalized spacial score (nSPS) is 24.6. The van der Waals surface area contributed by atoms with Crippen LogP contribution in [0.3, 0.4) is 0 Å². The van der Waals surface area contributed by atoms with Gasteiger partial charge in [-0.2, -0.15) is 0 Å². The van der Waals surface area contributed by atoms with Crippen LogP contribution in [0.4, 0.5) is 15.8 Å². The molecule has 3 atom stereocenters. The zero-order chi connectivity index (χ0) is 22.1. The first-order valence-electron chi connectivity index (χ1n) is 11.5. The smallest absolute Gasteiger partial charge is 0.225 e. The van der Waals surface area contributed by atoms with Gasteiger partial charge in [0.15, 0.2) is 0 Å². The number of rotatable bonds is 5. The van der Waals surface area contributed by atoms with Crippen LogP contribution in [-0.2, 0) is 16.0 Å². The van der Waals surface area contributed by atoms with E-state index in [4.69, 9.17) is 9.47 Å².